The molecule has 0 heterocycles. The fourth-order valence-corrected chi connectivity index (χ4v) is 4.55. The summed E-state index contributed by atoms with van der Waals surface area (Å²) >= 11 is 0. The SMILES string of the molecule is CCCCC/C=C\CCCCCCCC(=O)O[C@H](COC(=O)CCCCCCCCCCC)COP(=O)(O)O. The molecule has 39 heavy (non-hydrogen) atoms. The summed E-state index contributed by atoms with van der Waals surface area (Å²) < 4.78 is 26.1. The number of carbonyl (C=O) groups is 2. The summed E-state index contributed by atoms with van der Waals surface area (Å²) in [7, 11) is -4.73. The molecule has 0 aromatic carbocycles. The molecule has 0 bridgehead atoms. The molecule has 0 saturated heterocycles. The van der Waals surface area contributed by atoms with Crippen LogP contribution in [0.4, 0.5) is 0 Å². The number of esters is 2. The molecule has 0 amide bonds. The van der Waals surface area contributed by atoms with Gasteiger partial charge in [0.2, 0.25) is 0 Å². The third kappa shape index (κ3) is 29.6. The summed E-state index contributed by atoms with van der Waals surface area (Å²) in [5, 5.41) is 0. The fourth-order valence-electron chi connectivity index (χ4n) is 4.19. The van der Waals surface area contributed by atoms with Gasteiger partial charge in [-0.15, -0.1) is 0 Å². The van der Waals surface area contributed by atoms with E-state index in [2.05, 4.69) is 30.5 Å². The Morgan fingerprint density at radius 2 is 1.08 bits per heavy atom. The highest BCUT2D eigenvalue weighted by atomic mass is 31.2. The standard InChI is InChI=1S/C30H57O8P/c1-3-5-7-9-11-13-14-15-17-19-21-23-25-30(32)38-28(27-37-39(33,34)35)26-36-29(31)24-22-20-18-16-12-10-8-6-4-2/h11,13,28H,3-10,12,14-27H2,1-2H3,(H2,33,34,35)/b13-11-/t28-/m1/s1. The van der Waals surface area contributed by atoms with E-state index in [-0.39, 0.29) is 19.4 Å². The first kappa shape index (κ1) is 37.8. The Bertz CT molecular complexity index is 661. The lowest BCUT2D eigenvalue weighted by atomic mass is 10.1. The molecule has 0 radical (unpaired) electrons. The van der Waals surface area contributed by atoms with Crippen LogP contribution in [-0.2, 0) is 28.2 Å². The average Bonchev–Trinajstić information content (AvgIpc) is 2.89. The van der Waals surface area contributed by atoms with E-state index in [9.17, 15) is 14.2 Å². The largest absolute Gasteiger partial charge is 0.469 e. The Balaban J connectivity index is 4.07. The number of hydrogen-bond donors (Lipinski definition) is 2. The zero-order valence-electron chi connectivity index (χ0n) is 24.8. The molecule has 0 fully saturated rings. The number of allylic oxidation sites excluding steroid dienone is 2. The second-order valence-corrected chi connectivity index (χ2v) is 11.7. The highest BCUT2D eigenvalue weighted by Gasteiger charge is 2.22. The molecule has 2 N–H and O–H groups in total. The van der Waals surface area contributed by atoms with E-state index in [1.54, 1.807) is 0 Å². The Morgan fingerprint density at radius 3 is 1.62 bits per heavy atom. The van der Waals surface area contributed by atoms with Gasteiger partial charge in [-0.05, 0) is 38.5 Å². The zero-order valence-corrected chi connectivity index (χ0v) is 25.7. The molecule has 9 heteroatoms. The predicted molar refractivity (Wildman–Crippen MR) is 156 cm³/mol. The second kappa shape index (κ2) is 27.0. The zero-order chi connectivity index (χ0) is 29.0. The molecule has 0 aromatic heterocycles. The second-order valence-electron chi connectivity index (χ2n) is 10.4. The minimum atomic E-state index is -4.73. The Labute approximate surface area is 237 Å². The Hall–Kier alpha value is -1.21. The van der Waals surface area contributed by atoms with Gasteiger partial charge in [-0.25, -0.2) is 4.57 Å². The van der Waals surface area contributed by atoms with Crippen LogP contribution >= 0.6 is 7.82 Å². The smallest absolute Gasteiger partial charge is 0.462 e. The molecule has 0 unspecified atom stereocenters. The maximum absolute atomic E-state index is 12.2. The van der Waals surface area contributed by atoms with Crippen molar-refractivity contribution in [2.75, 3.05) is 13.2 Å². The number of rotatable bonds is 28. The summed E-state index contributed by atoms with van der Waals surface area (Å²) in [4.78, 5) is 42.3. The van der Waals surface area contributed by atoms with Gasteiger partial charge in [-0.2, -0.15) is 0 Å². The molecule has 0 aliphatic heterocycles. The highest BCUT2D eigenvalue weighted by Crippen LogP contribution is 2.35. The van der Waals surface area contributed by atoms with Crippen molar-refractivity contribution in [1.82, 2.24) is 0 Å². The first-order chi connectivity index (χ1) is 18.8. The highest BCUT2D eigenvalue weighted by molar-refractivity contribution is 7.46. The van der Waals surface area contributed by atoms with Crippen molar-refractivity contribution in [3.63, 3.8) is 0 Å². The van der Waals surface area contributed by atoms with Crippen molar-refractivity contribution in [2.45, 2.75) is 155 Å². The van der Waals surface area contributed by atoms with Gasteiger partial charge < -0.3 is 19.3 Å². The minimum Gasteiger partial charge on any atom is -0.462 e. The monoisotopic (exact) mass is 576 g/mol. The summed E-state index contributed by atoms with van der Waals surface area (Å²) in [5.74, 6) is -0.898. The number of phosphoric ester groups is 1. The van der Waals surface area contributed by atoms with Crippen LogP contribution in [0.25, 0.3) is 0 Å². The molecule has 230 valence electrons. The van der Waals surface area contributed by atoms with Gasteiger partial charge in [-0.3, -0.25) is 14.1 Å². The van der Waals surface area contributed by atoms with Crippen molar-refractivity contribution in [2.24, 2.45) is 0 Å². The maximum atomic E-state index is 12.2. The van der Waals surface area contributed by atoms with Crippen molar-refractivity contribution < 1.29 is 37.9 Å². The van der Waals surface area contributed by atoms with Crippen LogP contribution in [0.1, 0.15) is 149 Å². The number of carbonyl (C=O) groups excluding carboxylic acids is 2. The molecule has 0 aliphatic carbocycles. The van der Waals surface area contributed by atoms with E-state index >= 15 is 0 Å². The average molecular weight is 577 g/mol. The summed E-state index contributed by atoms with van der Waals surface area (Å²) in [5.41, 5.74) is 0. The van der Waals surface area contributed by atoms with Crippen LogP contribution in [0.2, 0.25) is 0 Å². The Morgan fingerprint density at radius 1 is 0.641 bits per heavy atom. The molecular formula is C30H57O8P. The molecule has 0 rings (SSSR count). The van der Waals surface area contributed by atoms with Crippen molar-refractivity contribution >= 4 is 19.8 Å². The van der Waals surface area contributed by atoms with Gasteiger partial charge in [0.05, 0.1) is 6.61 Å². The van der Waals surface area contributed by atoms with E-state index in [0.717, 1.165) is 57.8 Å². The lowest BCUT2D eigenvalue weighted by molar-refractivity contribution is -0.161. The minimum absolute atomic E-state index is 0.204. The maximum Gasteiger partial charge on any atom is 0.469 e. The third-order valence-electron chi connectivity index (χ3n) is 6.53. The van der Waals surface area contributed by atoms with Crippen LogP contribution in [-0.4, -0.2) is 41.0 Å². The third-order valence-corrected chi connectivity index (χ3v) is 7.02. The van der Waals surface area contributed by atoms with Crippen LogP contribution in [0.15, 0.2) is 12.2 Å². The quantitative estimate of drug-likeness (QED) is 0.0413. The van der Waals surface area contributed by atoms with Gasteiger partial charge in [0, 0.05) is 12.8 Å². The number of ether oxygens (including phenoxy) is 2. The molecule has 0 saturated carbocycles. The van der Waals surface area contributed by atoms with E-state index in [0.29, 0.717) is 6.42 Å². The summed E-state index contributed by atoms with van der Waals surface area (Å²) in [6.07, 6.45) is 25.1. The van der Waals surface area contributed by atoms with Crippen molar-refractivity contribution in [3.05, 3.63) is 12.2 Å². The van der Waals surface area contributed by atoms with Crippen LogP contribution in [0.5, 0.6) is 0 Å². The van der Waals surface area contributed by atoms with Crippen LogP contribution in [0.3, 0.4) is 0 Å². The predicted octanol–water partition coefficient (Wildman–Crippen LogP) is 8.34. The van der Waals surface area contributed by atoms with E-state index in [4.69, 9.17) is 19.3 Å². The topological polar surface area (TPSA) is 119 Å². The number of hydrogen-bond acceptors (Lipinski definition) is 6. The van der Waals surface area contributed by atoms with Gasteiger partial charge in [0.25, 0.3) is 0 Å². The van der Waals surface area contributed by atoms with Crippen LogP contribution < -0.4 is 0 Å². The lowest BCUT2D eigenvalue weighted by Gasteiger charge is -2.18. The molecule has 0 spiro atoms. The Kier molecular flexibility index (Phi) is 26.1. The molecule has 0 aliphatic rings. The first-order valence-electron chi connectivity index (χ1n) is 15.5. The van der Waals surface area contributed by atoms with E-state index in [1.807, 2.05) is 0 Å². The molecule has 8 nitrogen and oxygen atoms in total. The fraction of sp³-hybridized carbons (Fsp3) is 0.867. The van der Waals surface area contributed by atoms with E-state index < -0.39 is 32.5 Å². The van der Waals surface area contributed by atoms with Crippen molar-refractivity contribution in [1.29, 1.82) is 0 Å². The number of unbranched alkanes of at least 4 members (excludes halogenated alkanes) is 16. The van der Waals surface area contributed by atoms with Gasteiger partial charge in [0.1, 0.15) is 6.61 Å². The normalized spacial score (nSPS) is 12.6. The molecular weight excluding hydrogens is 519 g/mol. The van der Waals surface area contributed by atoms with Crippen LogP contribution in [0, 0.1) is 0 Å². The molecule has 1 atom stereocenters. The summed E-state index contributed by atoms with van der Waals surface area (Å²) in [6.45, 7) is 3.59. The first-order valence-corrected chi connectivity index (χ1v) is 17.0. The molecule has 0 aromatic rings. The van der Waals surface area contributed by atoms with Gasteiger partial charge in [0.15, 0.2) is 6.10 Å². The van der Waals surface area contributed by atoms with Gasteiger partial charge in [-0.1, -0.05) is 109 Å². The van der Waals surface area contributed by atoms with E-state index in [1.165, 1.54) is 57.8 Å². The number of phosphoric acid groups is 1. The van der Waals surface area contributed by atoms with Crippen molar-refractivity contribution in [3.8, 4) is 0 Å². The lowest BCUT2D eigenvalue weighted by Crippen LogP contribution is -2.29. The van der Waals surface area contributed by atoms with Gasteiger partial charge >= 0.3 is 19.8 Å². The summed E-state index contributed by atoms with van der Waals surface area (Å²) in [6, 6.07) is 0.